The Bertz CT molecular complexity index is 1800. The van der Waals surface area contributed by atoms with Crippen LogP contribution in [0.3, 0.4) is 0 Å². The van der Waals surface area contributed by atoms with Crippen LogP contribution in [0.15, 0.2) is 47.4 Å². The monoisotopic (exact) mass is 655 g/mol. The number of benzene rings is 2. The summed E-state index contributed by atoms with van der Waals surface area (Å²) in [5.74, 6) is 5.93. The molecule has 1 saturated carbocycles. The molecule has 1 aromatic heterocycles. The Balaban J connectivity index is 1.16. The molecule has 3 fully saturated rings. The zero-order chi connectivity index (χ0) is 32.5. The fourth-order valence-corrected chi connectivity index (χ4v) is 7.33. The van der Waals surface area contributed by atoms with E-state index in [0.29, 0.717) is 28.0 Å². The van der Waals surface area contributed by atoms with Crippen molar-refractivity contribution < 1.29 is 31.1 Å². The zero-order valence-electron chi connectivity index (χ0n) is 25.5. The molecule has 13 heteroatoms. The number of sulfone groups is 1. The number of fused-ring (bicyclic) bond motifs is 1. The normalized spacial score (nSPS) is 21.0. The van der Waals surface area contributed by atoms with Crippen LogP contribution in [-0.4, -0.2) is 81.9 Å². The van der Waals surface area contributed by atoms with Crippen molar-refractivity contribution in [3.63, 3.8) is 0 Å². The van der Waals surface area contributed by atoms with Crippen molar-refractivity contribution in [1.29, 1.82) is 5.26 Å². The van der Waals surface area contributed by atoms with Gasteiger partial charge in [-0.15, -0.1) is 0 Å². The molecule has 46 heavy (non-hydrogen) atoms. The second-order valence-corrected chi connectivity index (χ2v) is 14.6. The van der Waals surface area contributed by atoms with E-state index in [4.69, 9.17) is 14.7 Å². The van der Waals surface area contributed by atoms with E-state index in [2.05, 4.69) is 27.4 Å². The van der Waals surface area contributed by atoms with Gasteiger partial charge < -0.3 is 24.7 Å². The summed E-state index contributed by atoms with van der Waals surface area (Å²) in [6, 6.07) is 13.9. The van der Waals surface area contributed by atoms with E-state index in [9.17, 15) is 21.6 Å². The number of halogens is 3. The van der Waals surface area contributed by atoms with E-state index >= 15 is 0 Å². The van der Waals surface area contributed by atoms with E-state index in [1.54, 1.807) is 18.2 Å². The van der Waals surface area contributed by atoms with Crippen LogP contribution < -0.4 is 15.4 Å². The third-order valence-electron chi connectivity index (χ3n) is 9.01. The first-order chi connectivity index (χ1) is 21.9. The van der Waals surface area contributed by atoms with Crippen LogP contribution in [0.5, 0.6) is 5.75 Å². The first kappa shape index (κ1) is 32.0. The maximum atomic E-state index is 13.7. The number of nitriles is 1. The van der Waals surface area contributed by atoms with Gasteiger partial charge in [0, 0.05) is 54.0 Å². The van der Waals surface area contributed by atoms with Gasteiger partial charge in [0.05, 0.1) is 41.6 Å². The summed E-state index contributed by atoms with van der Waals surface area (Å²) in [5.41, 5.74) is 2.27. The fourth-order valence-electron chi connectivity index (χ4n) is 6.70. The molecule has 6 rings (SSSR count). The molecule has 2 N–H and O–H groups in total. The summed E-state index contributed by atoms with van der Waals surface area (Å²) in [7, 11) is -3.51. The summed E-state index contributed by atoms with van der Waals surface area (Å²) in [6.07, 6.45) is 0.779. The van der Waals surface area contributed by atoms with Crippen LogP contribution in [0.2, 0.25) is 0 Å². The highest BCUT2D eigenvalue weighted by molar-refractivity contribution is 7.90. The summed E-state index contributed by atoms with van der Waals surface area (Å²) in [6.45, 7) is 2.55. The molecule has 1 spiro atoms. The highest BCUT2D eigenvalue weighted by atomic mass is 32.2. The Morgan fingerprint density at radius 3 is 2.50 bits per heavy atom. The molecular formula is C33H36F3N5O4S. The van der Waals surface area contributed by atoms with Gasteiger partial charge in [-0.2, -0.15) is 18.4 Å². The minimum Gasteiger partial charge on any atom is -0.477 e. The van der Waals surface area contributed by atoms with Gasteiger partial charge in [-0.1, -0.05) is 12.0 Å². The first-order valence-corrected chi connectivity index (χ1v) is 17.2. The molecule has 0 atom stereocenters. The van der Waals surface area contributed by atoms with Crippen molar-refractivity contribution in [3.05, 3.63) is 48.2 Å². The van der Waals surface area contributed by atoms with Gasteiger partial charge in [0.15, 0.2) is 16.4 Å². The fraction of sp³-hybridized carbons (Fsp3) is 0.485. The Morgan fingerprint density at radius 2 is 1.85 bits per heavy atom. The van der Waals surface area contributed by atoms with Crippen LogP contribution >= 0.6 is 0 Å². The van der Waals surface area contributed by atoms with Gasteiger partial charge in [-0.3, -0.25) is 4.90 Å². The van der Waals surface area contributed by atoms with E-state index in [-0.39, 0.29) is 35.5 Å². The number of nitrogens with one attached hydrogen (secondary N) is 2. The molecule has 3 aliphatic rings. The van der Waals surface area contributed by atoms with E-state index in [1.807, 2.05) is 12.1 Å². The molecule has 1 aliphatic carbocycles. The predicted molar refractivity (Wildman–Crippen MR) is 169 cm³/mol. The Labute approximate surface area is 266 Å². The number of alkyl halides is 3. The molecule has 3 aromatic rings. The number of anilines is 2. The van der Waals surface area contributed by atoms with Gasteiger partial charge >= 0.3 is 6.18 Å². The second-order valence-electron chi connectivity index (χ2n) is 12.5. The zero-order valence-corrected chi connectivity index (χ0v) is 26.3. The molecule has 2 saturated heterocycles. The maximum Gasteiger partial charge on any atom is 0.406 e. The minimum atomic E-state index is -4.45. The van der Waals surface area contributed by atoms with Crippen molar-refractivity contribution in [3.8, 4) is 23.7 Å². The SMILES string of the molecule is CS(=O)(=O)c1ccc(NCC#Cc2cc3c(N[C@H]4CC[C@H](N5CC6(COC6)C5)CC4)cccc3n2CC(F)(F)F)c(OCC#N)c1. The average molecular weight is 656 g/mol. The molecule has 0 bridgehead atoms. The molecule has 2 aliphatic heterocycles. The first-order valence-electron chi connectivity index (χ1n) is 15.3. The summed E-state index contributed by atoms with van der Waals surface area (Å²) >= 11 is 0. The molecule has 0 unspecified atom stereocenters. The van der Waals surface area contributed by atoms with Gasteiger partial charge in [-0.05, 0) is 61.9 Å². The van der Waals surface area contributed by atoms with Gasteiger partial charge in [0.25, 0.3) is 0 Å². The molecule has 244 valence electrons. The second kappa shape index (κ2) is 12.7. The molecule has 3 heterocycles. The van der Waals surface area contributed by atoms with Crippen LogP contribution in [0.1, 0.15) is 31.4 Å². The van der Waals surface area contributed by atoms with Gasteiger partial charge in [0.2, 0.25) is 0 Å². The van der Waals surface area contributed by atoms with E-state index in [1.165, 1.54) is 22.8 Å². The molecule has 0 amide bonds. The van der Waals surface area contributed by atoms with Crippen molar-refractivity contribution in [2.75, 3.05) is 56.3 Å². The Hall–Kier alpha value is -3.91. The minimum absolute atomic E-state index is 0.0275. The lowest BCUT2D eigenvalue weighted by Crippen LogP contribution is -2.68. The lowest BCUT2D eigenvalue weighted by molar-refractivity contribution is -0.200. The average Bonchev–Trinajstić information content (AvgIpc) is 3.30. The molecular weight excluding hydrogens is 619 g/mol. The third-order valence-corrected chi connectivity index (χ3v) is 10.1. The smallest absolute Gasteiger partial charge is 0.406 e. The van der Waals surface area contributed by atoms with Gasteiger partial charge in [0.1, 0.15) is 18.4 Å². The summed E-state index contributed by atoms with van der Waals surface area (Å²) < 4.78 is 77.0. The maximum absolute atomic E-state index is 13.7. The topological polar surface area (TPSA) is 109 Å². The number of hydrogen-bond acceptors (Lipinski definition) is 8. The van der Waals surface area contributed by atoms with E-state index in [0.717, 1.165) is 63.9 Å². The van der Waals surface area contributed by atoms with Crippen LogP contribution in [-0.2, 0) is 21.1 Å². The predicted octanol–water partition coefficient (Wildman–Crippen LogP) is 5.03. The van der Waals surface area contributed by atoms with Crippen molar-refractivity contribution in [1.82, 2.24) is 9.47 Å². The quantitative estimate of drug-likeness (QED) is 0.309. The van der Waals surface area contributed by atoms with Crippen LogP contribution in [0.4, 0.5) is 24.5 Å². The Kier molecular flexibility index (Phi) is 8.85. The summed E-state index contributed by atoms with van der Waals surface area (Å²) in [4.78, 5) is 2.60. The third kappa shape index (κ3) is 7.07. The van der Waals surface area contributed by atoms with Crippen molar-refractivity contribution in [2.45, 2.75) is 55.4 Å². The van der Waals surface area contributed by atoms with E-state index < -0.39 is 22.6 Å². The lowest BCUT2D eigenvalue weighted by atomic mass is 9.75. The van der Waals surface area contributed by atoms with Crippen molar-refractivity contribution in [2.24, 2.45) is 5.41 Å². The number of hydrogen-bond donors (Lipinski definition) is 2. The van der Waals surface area contributed by atoms with Gasteiger partial charge in [-0.25, -0.2) is 8.42 Å². The summed E-state index contributed by atoms with van der Waals surface area (Å²) in [5, 5.41) is 16.2. The number of ether oxygens (including phenoxy) is 2. The number of likely N-dealkylation sites (tertiary alicyclic amines) is 1. The van der Waals surface area contributed by atoms with Crippen LogP contribution in [0, 0.1) is 28.6 Å². The number of rotatable bonds is 9. The number of aromatic nitrogens is 1. The Morgan fingerprint density at radius 1 is 1.09 bits per heavy atom. The van der Waals surface area contributed by atoms with Crippen molar-refractivity contribution >= 4 is 32.1 Å². The standard InChI is InChI=1S/C33H36F3N5O4S/c1-46(42,43)26-11-12-29(31(17-26)45-15-13-37)38-14-3-4-25-16-27-28(5-2-6-30(27)41(25)20-33(34,35)36)39-23-7-9-24(10-8-23)40-18-32(19-40)21-44-22-32/h2,5-6,11-12,16-17,23-24,38-39H,7-10,14-15,18-22H2,1H3/t23-,24-. The molecule has 2 aromatic carbocycles. The molecule has 0 radical (unpaired) electrons. The largest absolute Gasteiger partial charge is 0.477 e. The highest BCUT2D eigenvalue weighted by Gasteiger charge is 2.50. The molecule has 9 nitrogen and oxygen atoms in total. The van der Waals surface area contributed by atoms with Crippen LogP contribution in [0.25, 0.3) is 10.9 Å². The number of nitrogens with zero attached hydrogens (tertiary/aromatic N) is 3. The lowest BCUT2D eigenvalue weighted by Gasteiger charge is -2.58. The highest BCUT2D eigenvalue weighted by Crippen LogP contribution is 2.41.